The van der Waals surface area contributed by atoms with E-state index in [1.54, 1.807) is 36.4 Å². The lowest BCUT2D eigenvalue weighted by Gasteiger charge is -2.13. The van der Waals surface area contributed by atoms with E-state index < -0.39 is 35.5 Å². The van der Waals surface area contributed by atoms with Crippen LogP contribution in [0, 0.1) is 0 Å². The third kappa shape index (κ3) is 8.14. The van der Waals surface area contributed by atoms with Gasteiger partial charge in [0, 0.05) is 17.3 Å². The molecule has 1 fully saturated rings. The number of anilines is 1. The molecule has 12 heteroatoms. The molecule has 3 aromatic rings. The average Bonchev–Trinajstić information content (AvgIpc) is 3.57. The third-order valence-corrected chi connectivity index (χ3v) is 7.36. The summed E-state index contributed by atoms with van der Waals surface area (Å²) >= 11 is 6.78. The molecule has 224 valence electrons. The minimum Gasteiger partial charge on any atom is -0.462 e. The zero-order valence-corrected chi connectivity index (χ0v) is 25.1. The zero-order chi connectivity index (χ0) is 30.9. The molecule has 43 heavy (non-hydrogen) atoms. The lowest BCUT2D eigenvalue weighted by atomic mass is 10.1. The summed E-state index contributed by atoms with van der Waals surface area (Å²) in [5.41, 5.74) is 1.47. The molecule has 0 spiro atoms. The molecule has 0 unspecified atom stereocenters. The van der Waals surface area contributed by atoms with Gasteiger partial charge in [0.05, 0.1) is 34.3 Å². The minimum atomic E-state index is -0.644. The molecule has 1 aliphatic heterocycles. The van der Waals surface area contributed by atoms with Gasteiger partial charge in [0.15, 0.2) is 0 Å². The van der Waals surface area contributed by atoms with Gasteiger partial charge in [0.1, 0.15) is 18.1 Å². The number of halogens is 1. The van der Waals surface area contributed by atoms with Gasteiger partial charge in [-0.25, -0.2) is 9.59 Å². The van der Waals surface area contributed by atoms with Crippen molar-refractivity contribution < 1.29 is 37.9 Å². The first-order valence-electron chi connectivity index (χ1n) is 13.6. The number of nitrogens with zero attached hydrogens (tertiary/aromatic N) is 1. The molecule has 0 bridgehead atoms. The van der Waals surface area contributed by atoms with Crippen LogP contribution in [0.1, 0.15) is 59.6 Å². The summed E-state index contributed by atoms with van der Waals surface area (Å²) in [7, 11) is 0. The SMILES string of the molecule is CCCCOC(=O)c1ccc(-c2ccc(/C=C3/SC(=O)N(CC(=O)Nc4ccc(Cl)c(C(=O)OCCC)c4)C3=O)o2)cc1. The summed E-state index contributed by atoms with van der Waals surface area (Å²) in [5.74, 6) is -1.48. The van der Waals surface area contributed by atoms with E-state index in [4.69, 9.17) is 25.5 Å². The summed E-state index contributed by atoms with van der Waals surface area (Å²) in [4.78, 5) is 63.4. The molecule has 10 nitrogen and oxygen atoms in total. The van der Waals surface area contributed by atoms with Crippen molar-refractivity contribution in [1.29, 1.82) is 0 Å². The van der Waals surface area contributed by atoms with E-state index in [1.165, 1.54) is 24.3 Å². The second kappa shape index (κ2) is 14.7. The fourth-order valence-electron chi connectivity index (χ4n) is 3.89. The van der Waals surface area contributed by atoms with Crippen molar-refractivity contribution in [3.63, 3.8) is 0 Å². The number of unbranched alkanes of at least 4 members (excludes halogenated alkanes) is 1. The Morgan fingerprint density at radius 2 is 1.70 bits per heavy atom. The highest BCUT2D eigenvalue weighted by Gasteiger charge is 2.36. The first-order chi connectivity index (χ1) is 20.7. The molecule has 0 saturated carbocycles. The molecule has 1 saturated heterocycles. The average molecular weight is 625 g/mol. The summed E-state index contributed by atoms with van der Waals surface area (Å²) in [6, 6.07) is 14.4. The molecule has 3 amide bonds. The van der Waals surface area contributed by atoms with Gasteiger partial charge in [-0.3, -0.25) is 19.3 Å². The Morgan fingerprint density at radius 3 is 2.42 bits per heavy atom. The molecular weight excluding hydrogens is 596 g/mol. The van der Waals surface area contributed by atoms with Gasteiger partial charge in [-0.05, 0) is 67.1 Å². The van der Waals surface area contributed by atoms with E-state index in [-0.39, 0.29) is 27.8 Å². The van der Waals surface area contributed by atoms with Gasteiger partial charge < -0.3 is 19.2 Å². The number of carbonyl (C=O) groups is 5. The number of ether oxygens (including phenoxy) is 2. The number of carbonyl (C=O) groups excluding carboxylic acids is 5. The highest BCUT2D eigenvalue weighted by Crippen LogP contribution is 2.33. The maximum absolute atomic E-state index is 12.9. The van der Waals surface area contributed by atoms with Gasteiger partial charge >= 0.3 is 11.9 Å². The van der Waals surface area contributed by atoms with E-state index in [0.29, 0.717) is 47.4 Å². The largest absolute Gasteiger partial charge is 0.462 e. The van der Waals surface area contributed by atoms with Crippen LogP contribution >= 0.6 is 23.4 Å². The number of nitrogens with one attached hydrogen (secondary N) is 1. The van der Waals surface area contributed by atoms with Crippen LogP contribution in [0.4, 0.5) is 10.5 Å². The van der Waals surface area contributed by atoms with E-state index in [0.717, 1.165) is 17.7 Å². The van der Waals surface area contributed by atoms with Gasteiger partial charge in [-0.2, -0.15) is 0 Å². The van der Waals surface area contributed by atoms with Crippen molar-refractivity contribution in [2.75, 3.05) is 25.1 Å². The molecule has 4 rings (SSSR count). The molecule has 0 aliphatic carbocycles. The Hall–Kier alpha value is -4.35. The molecule has 1 aliphatic rings. The van der Waals surface area contributed by atoms with Gasteiger partial charge in [0.2, 0.25) is 5.91 Å². The number of rotatable bonds is 12. The summed E-state index contributed by atoms with van der Waals surface area (Å²) in [6.45, 7) is 3.93. The second-order valence-corrected chi connectivity index (χ2v) is 10.8. The Kier molecular flexibility index (Phi) is 10.8. The highest BCUT2D eigenvalue weighted by molar-refractivity contribution is 8.18. The number of esters is 2. The molecular formula is C31H29ClN2O8S. The van der Waals surface area contributed by atoms with Crippen LogP contribution in [-0.4, -0.2) is 53.7 Å². The standard InChI is InChI=1S/C31H29ClN2O8S/c1-3-5-15-41-29(37)20-8-6-19(7-9-20)25-13-11-22(42-25)17-26-28(36)34(31(39)43-26)18-27(35)33-21-10-12-24(32)23(16-21)30(38)40-14-4-2/h6-13,16-17H,3-5,14-15,18H2,1-2H3,(H,33,35)/b26-17+. The van der Waals surface area contributed by atoms with Crippen molar-refractivity contribution in [2.24, 2.45) is 0 Å². The Balaban J connectivity index is 1.38. The Morgan fingerprint density at radius 1 is 0.953 bits per heavy atom. The maximum Gasteiger partial charge on any atom is 0.339 e. The molecule has 0 radical (unpaired) electrons. The Labute approximate surface area is 257 Å². The first kappa shape index (κ1) is 31.6. The second-order valence-electron chi connectivity index (χ2n) is 9.42. The van der Waals surface area contributed by atoms with Crippen molar-refractivity contribution in [3.05, 3.63) is 81.4 Å². The number of benzene rings is 2. The van der Waals surface area contributed by atoms with Crippen molar-refractivity contribution in [3.8, 4) is 11.3 Å². The normalized spacial score (nSPS) is 13.8. The molecule has 2 aromatic carbocycles. The van der Waals surface area contributed by atoms with Crippen LogP contribution in [0.2, 0.25) is 5.02 Å². The van der Waals surface area contributed by atoms with E-state index in [2.05, 4.69) is 5.32 Å². The van der Waals surface area contributed by atoms with Gasteiger partial charge in [0.25, 0.3) is 11.1 Å². The predicted molar refractivity (Wildman–Crippen MR) is 163 cm³/mol. The number of amides is 3. The third-order valence-electron chi connectivity index (χ3n) is 6.12. The van der Waals surface area contributed by atoms with Crippen molar-refractivity contribution in [2.45, 2.75) is 33.1 Å². The molecule has 1 N–H and O–H groups in total. The van der Waals surface area contributed by atoms with E-state index >= 15 is 0 Å². The predicted octanol–water partition coefficient (Wildman–Crippen LogP) is 6.80. The molecule has 0 atom stereocenters. The summed E-state index contributed by atoms with van der Waals surface area (Å²) in [6.07, 6.45) is 3.80. The lowest BCUT2D eigenvalue weighted by molar-refractivity contribution is -0.127. The maximum atomic E-state index is 12.9. The first-order valence-corrected chi connectivity index (χ1v) is 14.8. The number of furan rings is 1. The fraction of sp³-hybridized carbons (Fsp3) is 0.258. The van der Waals surface area contributed by atoms with Crippen LogP contribution in [0.5, 0.6) is 0 Å². The number of hydrogen-bond donors (Lipinski definition) is 1. The van der Waals surface area contributed by atoms with Gasteiger partial charge in [-0.1, -0.05) is 44.0 Å². The lowest BCUT2D eigenvalue weighted by Crippen LogP contribution is -2.36. The number of hydrogen-bond acceptors (Lipinski definition) is 9. The molecule has 1 aromatic heterocycles. The fourth-order valence-corrected chi connectivity index (χ4v) is 4.90. The van der Waals surface area contributed by atoms with Crippen molar-refractivity contribution >= 4 is 64.1 Å². The van der Waals surface area contributed by atoms with Crippen LogP contribution in [0.3, 0.4) is 0 Å². The smallest absolute Gasteiger partial charge is 0.339 e. The summed E-state index contributed by atoms with van der Waals surface area (Å²) in [5, 5.41) is 2.12. The van der Waals surface area contributed by atoms with Gasteiger partial charge in [-0.15, -0.1) is 0 Å². The number of thioether (sulfide) groups is 1. The zero-order valence-electron chi connectivity index (χ0n) is 23.5. The highest BCUT2D eigenvalue weighted by atomic mass is 35.5. The van der Waals surface area contributed by atoms with Crippen LogP contribution in [0.15, 0.2) is 63.9 Å². The number of imide groups is 1. The quantitative estimate of drug-likeness (QED) is 0.131. The Bertz CT molecular complexity index is 1560. The summed E-state index contributed by atoms with van der Waals surface area (Å²) < 4.78 is 16.2. The monoisotopic (exact) mass is 624 g/mol. The molecule has 2 heterocycles. The minimum absolute atomic E-state index is 0.0840. The van der Waals surface area contributed by atoms with E-state index in [9.17, 15) is 24.0 Å². The van der Waals surface area contributed by atoms with Crippen LogP contribution in [0.25, 0.3) is 17.4 Å². The van der Waals surface area contributed by atoms with Crippen LogP contribution < -0.4 is 5.32 Å². The van der Waals surface area contributed by atoms with Crippen molar-refractivity contribution in [1.82, 2.24) is 4.90 Å². The van der Waals surface area contributed by atoms with Crippen LogP contribution in [-0.2, 0) is 19.1 Å². The van der Waals surface area contributed by atoms with E-state index in [1.807, 2.05) is 13.8 Å². The topological polar surface area (TPSA) is 132 Å².